The van der Waals surface area contributed by atoms with Gasteiger partial charge in [0.1, 0.15) is 47.3 Å². The van der Waals surface area contributed by atoms with E-state index in [1.165, 1.54) is 25.5 Å². The second kappa shape index (κ2) is 11.0. The summed E-state index contributed by atoms with van der Waals surface area (Å²) in [5, 5.41) is 13.4. The summed E-state index contributed by atoms with van der Waals surface area (Å²) in [6.45, 7) is 1.11. The van der Waals surface area contributed by atoms with Crippen LogP contribution in [0.25, 0.3) is 22.3 Å². The van der Waals surface area contributed by atoms with Gasteiger partial charge in [0, 0.05) is 30.7 Å². The lowest BCUT2D eigenvalue weighted by atomic mass is 10.0. The van der Waals surface area contributed by atoms with Crippen LogP contribution in [0.5, 0.6) is 11.6 Å². The second-order valence-electron chi connectivity index (χ2n) is 9.51. The van der Waals surface area contributed by atoms with Gasteiger partial charge in [-0.25, -0.2) is 23.5 Å². The molecule has 0 radical (unpaired) electrons. The number of hydrogen-bond donors (Lipinski definition) is 1. The number of fused-ring (bicyclic) bond motifs is 1. The molecule has 0 spiro atoms. The number of halogens is 2. The van der Waals surface area contributed by atoms with Gasteiger partial charge in [0.05, 0.1) is 36.5 Å². The number of benzene rings is 2. The number of carbonyl (C=O) groups is 1. The van der Waals surface area contributed by atoms with Gasteiger partial charge in [0.25, 0.3) is 0 Å². The molecule has 1 aliphatic rings. The number of aromatic carboxylic acids is 1. The zero-order valence-corrected chi connectivity index (χ0v) is 21.8. The van der Waals surface area contributed by atoms with Crippen LogP contribution < -0.4 is 9.47 Å². The van der Waals surface area contributed by atoms with Gasteiger partial charge < -0.3 is 28.4 Å². The molecule has 0 amide bonds. The van der Waals surface area contributed by atoms with E-state index < -0.39 is 17.6 Å². The predicted molar refractivity (Wildman–Crippen MR) is 141 cm³/mol. The van der Waals surface area contributed by atoms with Gasteiger partial charge >= 0.3 is 5.97 Å². The number of nitrogens with zero attached hydrogens (tertiary/aromatic N) is 4. The van der Waals surface area contributed by atoms with Crippen molar-refractivity contribution in [1.82, 2.24) is 19.7 Å². The van der Waals surface area contributed by atoms with Crippen molar-refractivity contribution in [2.45, 2.75) is 32.1 Å². The van der Waals surface area contributed by atoms with E-state index in [0.29, 0.717) is 35.7 Å². The van der Waals surface area contributed by atoms with Gasteiger partial charge in [-0.3, -0.25) is 0 Å². The van der Waals surface area contributed by atoms with Crippen LogP contribution in [-0.2, 0) is 24.3 Å². The number of carboxylic acids is 1. The van der Waals surface area contributed by atoms with E-state index in [1.807, 2.05) is 0 Å². The number of carboxylic acid groups (broad SMARTS) is 1. The monoisotopic (exact) mass is 562 g/mol. The van der Waals surface area contributed by atoms with Crippen molar-refractivity contribution in [3.63, 3.8) is 0 Å². The molecule has 41 heavy (non-hydrogen) atoms. The fourth-order valence-electron chi connectivity index (χ4n) is 4.68. The van der Waals surface area contributed by atoms with Crippen LogP contribution in [0.1, 0.15) is 33.9 Å². The van der Waals surface area contributed by atoms with Gasteiger partial charge in [0.2, 0.25) is 5.88 Å². The van der Waals surface area contributed by atoms with Gasteiger partial charge in [-0.2, -0.15) is 0 Å². The van der Waals surface area contributed by atoms with Crippen molar-refractivity contribution in [3.8, 4) is 22.9 Å². The van der Waals surface area contributed by atoms with Crippen molar-refractivity contribution in [3.05, 3.63) is 89.1 Å². The molecular formula is C29H24F2N4O6. The van der Waals surface area contributed by atoms with Crippen molar-refractivity contribution in [2.24, 2.45) is 0 Å². The number of methoxy groups -OCH3 is 1. The molecule has 1 aliphatic heterocycles. The average Bonchev–Trinajstić information content (AvgIpc) is 3.58. The molecule has 12 heteroatoms. The highest BCUT2D eigenvalue weighted by atomic mass is 19.1. The smallest absolute Gasteiger partial charge is 0.335 e. The molecule has 2 aromatic carbocycles. The molecule has 1 saturated heterocycles. The third-order valence-corrected chi connectivity index (χ3v) is 6.89. The summed E-state index contributed by atoms with van der Waals surface area (Å²) in [6, 6.07) is 11.5. The Morgan fingerprint density at radius 1 is 1.15 bits per heavy atom. The molecule has 1 unspecified atom stereocenters. The third-order valence-electron chi connectivity index (χ3n) is 6.89. The lowest BCUT2D eigenvalue weighted by molar-refractivity contribution is -0.0589. The maximum Gasteiger partial charge on any atom is 0.335 e. The molecule has 1 N–H and O–H groups in total. The molecule has 10 nitrogen and oxygen atoms in total. The molecule has 0 aliphatic carbocycles. The first-order valence-corrected chi connectivity index (χ1v) is 12.8. The summed E-state index contributed by atoms with van der Waals surface area (Å²) in [4.78, 5) is 20.7. The average molecular weight is 563 g/mol. The van der Waals surface area contributed by atoms with E-state index in [2.05, 4.69) is 15.1 Å². The highest BCUT2D eigenvalue weighted by molar-refractivity contribution is 5.95. The Balaban J connectivity index is 1.33. The van der Waals surface area contributed by atoms with Crippen molar-refractivity contribution >= 4 is 17.0 Å². The van der Waals surface area contributed by atoms with Crippen LogP contribution in [0, 0.1) is 11.6 Å². The Kier molecular flexibility index (Phi) is 7.06. The van der Waals surface area contributed by atoms with Gasteiger partial charge in [-0.15, -0.1) is 0 Å². The Hall–Kier alpha value is -4.84. The fourth-order valence-corrected chi connectivity index (χ4v) is 4.68. The molecule has 0 saturated carbocycles. The SMILES string of the molecule is COc1cc(C(=O)O)cc2c1nc(Cc1cc(F)c(-c3cccc(OCc4ccon4)n3)cc1F)n2CC1CCO1. The van der Waals surface area contributed by atoms with Gasteiger partial charge in [-0.05, 0) is 42.3 Å². The number of aromatic nitrogens is 4. The molecule has 1 fully saturated rings. The second-order valence-corrected chi connectivity index (χ2v) is 9.51. The summed E-state index contributed by atoms with van der Waals surface area (Å²) >= 11 is 0. The van der Waals surface area contributed by atoms with Crippen molar-refractivity contribution < 1.29 is 37.4 Å². The van der Waals surface area contributed by atoms with Crippen LogP contribution in [0.3, 0.4) is 0 Å². The van der Waals surface area contributed by atoms with E-state index in [1.54, 1.807) is 28.8 Å². The van der Waals surface area contributed by atoms with Crippen molar-refractivity contribution in [1.29, 1.82) is 0 Å². The number of hydrogen-bond acceptors (Lipinski definition) is 8. The van der Waals surface area contributed by atoms with Crippen LogP contribution >= 0.6 is 0 Å². The fraction of sp³-hybridized carbons (Fsp3) is 0.241. The van der Waals surface area contributed by atoms with Crippen LogP contribution in [0.4, 0.5) is 8.78 Å². The minimum absolute atomic E-state index is 0.0257. The highest BCUT2D eigenvalue weighted by Gasteiger charge is 2.25. The zero-order chi connectivity index (χ0) is 28.5. The standard InChI is InChI=1S/C29H24F2N4O6/c1-38-25-11-17(29(36)37)10-24-28(25)33-26(35(24)14-19-6-7-39-19)12-16-9-22(31)20(13-21(16)30)23-3-2-4-27(32-23)40-15-18-5-8-41-34-18/h2-5,8-11,13,19H,6-7,12,14-15H2,1H3,(H,36,37). The summed E-state index contributed by atoms with van der Waals surface area (Å²) in [6.07, 6.45) is 2.09. The number of pyridine rings is 1. The molecule has 6 rings (SSSR count). The molecule has 210 valence electrons. The lowest BCUT2D eigenvalue weighted by Gasteiger charge is -2.27. The van der Waals surface area contributed by atoms with Crippen molar-refractivity contribution in [2.75, 3.05) is 13.7 Å². The quantitative estimate of drug-likeness (QED) is 0.250. The van der Waals surface area contributed by atoms with Crippen LogP contribution in [0.15, 0.2) is 59.3 Å². The topological polar surface area (TPSA) is 122 Å². The zero-order valence-electron chi connectivity index (χ0n) is 21.8. The third kappa shape index (κ3) is 5.33. The first-order chi connectivity index (χ1) is 19.9. The molecule has 3 aromatic heterocycles. The number of rotatable bonds is 10. The van der Waals surface area contributed by atoms with E-state index in [9.17, 15) is 9.90 Å². The normalized spacial score (nSPS) is 14.7. The summed E-state index contributed by atoms with van der Waals surface area (Å²) < 4.78 is 54.0. The largest absolute Gasteiger partial charge is 0.494 e. The minimum atomic E-state index is -1.12. The highest BCUT2D eigenvalue weighted by Crippen LogP contribution is 2.32. The molecule has 1 atom stereocenters. The van der Waals surface area contributed by atoms with Crippen LogP contribution in [0.2, 0.25) is 0 Å². The van der Waals surface area contributed by atoms with E-state index in [0.717, 1.165) is 18.6 Å². The predicted octanol–water partition coefficient (Wildman–Crippen LogP) is 5.03. The Morgan fingerprint density at radius 3 is 2.71 bits per heavy atom. The summed E-state index contributed by atoms with van der Waals surface area (Å²) in [5.74, 6) is -1.52. The molecular weight excluding hydrogens is 538 g/mol. The Labute approximate surface area is 232 Å². The minimum Gasteiger partial charge on any atom is -0.494 e. The van der Waals surface area contributed by atoms with E-state index >= 15 is 8.78 Å². The van der Waals surface area contributed by atoms with E-state index in [4.69, 9.17) is 18.7 Å². The summed E-state index contributed by atoms with van der Waals surface area (Å²) in [7, 11) is 1.42. The maximum atomic E-state index is 15.5. The van der Waals surface area contributed by atoms with Gasteiger partial charge in [-0.1, -0.05) is 11.2 Å². The van der Waals surface area contributed by atoms with Crippen LogP contribution in [-0.4, -0.2) is 50.6 Å². The first kappa shape index (κ1) is 26.4. The maximum absolute atomic E-state index is 15.5. The van der Waals surface area contributed by atoms with Gasteiger partial charge in [0.15, 0.2) is 0 Å². The Bertz CT molecular complexity index is 1730. The molecule has 4 heterocycles. The van der Waals surface area contributed by atoms with E-state index in [-0.39, 0.29) is 53.1 Å². The first-order valence-electron chi connectivity index (χ1n) is 12.8. The lowest BCUT2D eigenvalue weighted by Crippen LogP contribution is -2.31. The number of ether oxygens (including phenoxy) is 3. The Morgan fingerprint density at radius 2 is 2.00 bits per heavy atom. The number of imidazole rings is 1. The molecule has 5 aromatic rings. The molecule has 0 bridgehead atoms. The summed E-state index contributed by atoms with van der Waals surface area (Å²) in [5.41, 5.74) is 1.78.